The van der Waals surface area contributed by atoms with Crippen molar-refractivity contribution in [3.8, 4) is 66.8 Å². The molecule has 0 aliphatic carbocycles. The molecule has 10 aromatic carbocycles. The van der Waals surface area contributed by atoms with Crippen LogP contribution in [0.3, 0.4) is 0 Å². The lowest BCUT2D eigenvalue weighted by Gasteiger charge is -2.20. The molecule has 0 saturated heterocycles. The van der Waals surface area contributed by atoms with Gasteiger partial charge in [0.05, 0.1) is 0 Å². The van der Waals surface area contributed by atoms with Crippen LogP contribution >= 0.6 is 0 Å². The molecule has 10 aromatic rings. The van der Waals surface area contributed by atoms with Gasteiger partial charge in [-0.3, -0.25) is 0 Å². The van der Waals surface area contributed by atoms with Gasteiger partial charge in [-0.1, -0.05) is 206 Å². The normalized spacial score (nSPS) is 11.3. The lowest BCUT2D eigenvalue weighted by atomic mass is 9.83. The Hall–Kier alpha value is -7.02. The molecule has 0 heteroatoms. The van der Waals surface area contributed by atoms with Crippen molar-refractivity contribution >= 4 is 32.3 Å². The van der Waals surface area contributed by atoms with Crippen LogP contribution in [0.25, 0.3) is 99.1 Å². The van der Waals surface area contributed by atoms with Crippen molar-refractivity contribution in [2.75, 3.05) is 0 Å². The van der Waals surface area contributed by atoms with Crippen molar-refractivity contribution in [3.05, 3.63) is 218 Å². The predicted molar refractivity (Wildman–Crippen MR) is 232 cm³/mol. The molecule has 0 bridgehead atoms. The van der Waals surface area contributed by atoms with Gasteiger partial charge in [0.2, 0.25) is 0 Å². The predicted octanol–water partition coefficient (Wildman–Crippen LogP) is 15.1. The number of rotatable bonds is 6. The molecule has 0 spiro atoms. The Balaban J connectivity index is 1.17. The molecule has 10 rings (SSSR count). The molecule has 0 nitrogen and oxygen atoms in total. The third-order valence-corrected chi connectivity index (χ3v) is 10.9. The van der Waals surface area contributed by atoms with E-state index in [2.05, 4.69) is 218 Å². The van der Waals surface area contributed by atoms with Crippen molar-refractivity contribution in [2.45, 2.75) is 0 Å². The average Bonchev–Trinajstić information content (AvgIpc) is 3.26. The summed E-state index contributed by atoms with van der Waals surface area (Å²) in [5.74, 6) is 0. The van der Waals surface area contributed by atoms with E-state index in [9.17, 15) is 0 Å². The third kappa shape index (κ3) is 5.57. The first-order chi connectivity index (χ1) is 26.8. The van der Waals surface area contributed by atoms with E-state index in [0.29, 0.717) is 0 Å². The summed E-state index contributed by atoms with van der Waals surface area (Å²) in [7, 11) is 0. The summed E-state index contributed by atoms with van der Waals surface area (Å²) >= 11 is 0. The van der Waals surface area contributed by atoms with Crippen LogP contribution in [0.4, 0.5) is 0 Å². The molecule has 0 radical (unpaired) electrons. The molecule has 0 fully saturated rings. The zero-order valence-electron chi connectivity index (χ0n) is 29.8. The second kappa shape index (κ2) is 13.5. The van der Waals surface area contributed by atoms with Gasteiger partial charge in [-0.2, -0.15) is 0 Å². The van der Waals surface area contributed by atoms with E-state index < -0.39 is 0 Å². The van der Waals surface area contributed by atoms with Crippen LogP contribution in [0.2, 0.25) is 0 Å². The quantitative estimate of drug-likeness (QED) is 0.164. The fourth-order valence-corrected chi connectivity index (χ4v) is 8.33. The first-order valence-corrected chi connectivity index (χ1v) is 18.7. The fraction of sp³-hybridized carbons (Fsp3) is 0. The first kappa shape index (κ1) is 31.7. The third-order valence-electron chi connectivity index (χ3n) is 10.9. The molecule has 0 saturated carbocycles. The average molecular weight is 685 g/mol. The van der Waals surface area contributed by atoms with Crippen molar-refractivity contribution in [1.29, 1.82) is 0 Å². The minimum absolute atomic E-state index is 1.21. The largest absolute Gasteiger partial charge is 0.0622 e. The number of hydrogen-bond acceptors (Lipinski definition) is 0. The van der Waals surface area contributed by atoms with Crippen molar-refractivity contribution < 1.29 is 0 Å². The van der Waals surface area contributed by atoms with E-state index in [1.165, 1.54) is 99.1 Å². The second-order valence-corrected chi connectivity index (χ2v) is 14.0. The molecule has 0 atom stereocenters. The maximum Gasteiger partial charge on any atom is -0.00264 e. The van der Waals surface area contributed by atoms with E-state index in [0.717, 1.165) is 0 Å². The summed E-state index contributed by atoms with van der Waals surface area (Å²) in [6, 6.07) is 79.7. The zero-order valence-corrected chi connectivity index (χ0v) is 29.8. The number of fused-ring (bicyclic) bond motifs is 3. The van der Waals surface area contributed by atoms with Crippen LogP contribution in [-0.2, 0) is 0 Å². The smallest absolute Gasteiger partial charge is 0.00264 e. The van der Waals surface area contributed by atoms with Gasteiger partial charge in [0.15, 0.2) is 0 Å². The summed E-state index contributed by atoms with van der Waals surface area (Å²) in [6.45, 7) is 0. The van der Waals surface area contributed by atoms with Gasteiger partial charge in [0.1, 0.15) is 0 Å². The monoisotopic (exact) mass is 684 g/mol. The van der Waals surface area contributed by atoms with Crippen LogP contribution in [0.1, 0.15) is 0 Å². The van der Waals surface area contributed by atoms with Gasteiger partial charge >= 0.3 is 0 Å². The van der Waals surface area contributed by atoms with E-state index >= 15 is 0 Å². The van der Waals surface area contributed by atoms with Crippen LogP contribution in [0, 0.1) is 0 Å². The van der Waals surface area contributed by atoms with Crippen LogP contribution < -0.4 is 0 Å². The summed E-state index contributed by atoms with van der Waals surface area (Å²) in [5, 5.41) is 7.47. The van der Waals surface area contributed by atoms with Gasteiger partial charge < -0.3 is 0 Å². The highest BCUT2D eigenvalue weighted by Gasteiger charge is 2.20. The number of hydrogen-bond donors (Lipinski definition) is 0. The molecule has 0 aliphatic rings. The Morgan fingerprint density at radius 3 is 1.19 bits per heavy atom. The topological polar surface area (TPSA) is 0 Å². The summed E-state index contributed by atoms with van der Waals surface area (Å²) in [6.07, 6.45) is 0. The van der Waals surface area contributed by atoms with Gasteiger partial charge in [0, 0.05) is 0 Å². The van der Waals surface area contributed by atoms with E-state index in [-0.39, 0.29) is 0 Å². The molecule has 0 aromatic heterocycles. The highest BCUT2D eigenvalue weighted by molar-refractivity contribution is 6.15. The van der Waals surface area contributed by atoms with Crippen LogP contribution in [-0.4, -0.2) is 0 Å². The summed E-state index contributed by atoms with van der Waals surface area (Å²) in [4.78, 5) is 0. The molecular weight excluding hydrogens is 649 g/mol. The molecular formula is C54H36. The Labute approximate surface area is 316 Å². The minimum atomic E-state index is 1.21. The van der Waals surface area contributed by atoms with Gasteiger partial charge in [0.25, 0.3) is 0 Å². The summed E-state index contributed by atoms with van der Waals surface area (Å²) in [5.41, 5.74) is 14.8. The van der Waals surface area contributed by atoms with Gasteiger partial charge in [-0.05, 0) is 111 Å². The van der Waals surface area contributed by atoms with Crippen LogP contribution in [0.15, 0.2) is 218 Å². The molecule has 54 heavy (non-hydrogen) atoms. The molecule has 252 valence electrons. The van der Waals surface area contributed by atoms with Crippen molar-refractivity contribution in [3.63, 3.8) is 0 Å². The lowest BCUT2D eigenvalue weighted by Crippen LogP contribution is -1.94. The Kier molecular flexibility index (Phi) is 7.93. The van der Waals surface area contributed by atoms with Crippen molar-refractivity contribution in [1.82, 2.24) is 0 Å². The van der Waals surface area contributed by atoms with Crippen molar-refractivity contribution in [2.24, 2.45) is 0 Å². The minimum Gasteiger partial charge on any atom is -0.0622 e. The maximum atomic E-state index is 2.35. The number of benzene rings is 10. The highest BCUT2D eigenvalue weighted by atomic mass is 14.2. The molecule has 0 amide bonds. The lowest BCUT2D eigenvalue weighted by molar-refractivity contribution is 1.59. The Morgan fingerprint density at radius 1 is 0.185 bits per heavy atom. The fourth-order valence-electron chi connectivity index (χ4n) is 8.33. The summed E-state index contributed by atoms with van der Waals surface area (Å²) < 4.78 is 0. The molecule has 0 unspecified atom stereocenters. The zero-order chi connectivity index (χ0) is 35.8. The standard InChI is InChI=1S/C54H36/c1-5-15-37(16-6-1)41-25-26-43-36-44(28-27-42(43)35-41)45-29-31-49(48-24-14-13-23-47(45)48)50-33-34-51-52(54(50)40-21-11-4-12-22-40)32-30-46(38-17-7-2-8-18-38)53(51)39-19-9-3-10-20-39/h1-36H. The van der Waals surface area contributed by atoms with Gasteiger partial charge in [-0.25, -0.2) is 0 Å². The van der Waals surface area contributed by atoms with Crippen LogP contribution in [0.5, 0.6) is 0 Å². The van der Waals surface area contributed by atoms with Gasteiger partial charge in [-0.15, -0.1) is 0 Å². The molecule has 0 aliphatic heterocycles. The van der Waals surface area contributed by atoms with E-state index in [4.69, 9.17) is 0 Å². The first-order valence-electron chi connectivity index (χ1n) is 18.7. The van der Waals surface area contributed by atoms with E-state index in [1.807, 2.05) is 0 Å². The molecule has 0 heterocycles. The maximum absolute atomic E-state index is 2.35. The molecule has 0 N–H and O–H groups in total. The van der Waals surface area contributed by atoms with E-state index in [1.54, 1.807) is 0 Å². The second-order valence-electron chi connectivity index (χ2n) is 14.0. The highest BCUT2D eigenvalue weighted by Crippen LogP contribution is 2.47. The SMILES string of the molecule is c1ccc(-c2ccc3cc(-c4ccc(-c5ccc6c(-c7ccccc7)c(-c7ccccc7)ccc6c5-c5ccccc5)c5ccccc45)ccc3c2)cc1. The Bertz CT molecular complexity index is 2940. The Morgan fingerprint density at radius 2 is 0.593 bits per heavy atom.